The highest BCUT2D eigenvalue weighted by atomic mass is 35.5. The topological polar surface area (TPSA) is 53.4 Å². The number of carbonyl (C=O) groups excluding carboxylic acids is 1. The second-order valence-electron chi connectivity index (χ2n) is 4.38. The number of hydrogen-bond donors (Lipinski definition) is 0. The minimum Gasteiger partial charge on any atom is -0.454 e. The molecule has 3 rings (SSSR count). The van der Waals surface area contributed by atoms with Crippen molar-refractivity contribution < 1.29 is 14.3 Å². The van der Waals surface area contributed by atoms with Crippen LogP contribution in [-0.2, 0) is 7.05 Å². The molecule has 0 saturated heterocycles. The summed E-state index contributed by atoms with van der Waals surface area (Å²) in [5.41, 5.74) is 1.07. The normalized spacial score (nSPS) is 13.1. The molecule has 0 bridgehead atoms. The van der Waals surface area contributed by atoms with E-state index in [0.717, 1.165) is 0 Å². The van der Waals surface area contributed by atoms with E-state index in [4.69, 9.17) is 32.7 Å². The van der Waals surface area contributed by atoms with E-state index in [1.807, 2.05) is 0 Å². The Balaban J connectivity index is 1.84. The first-order valence-corrected chi connectivity index (χ1v) is 6.81. The average molecular weight is 325 g/mol. The Labute approximate surface area is 130 Å². The first kappa shape index (κ1) is 14.0. The molecule has 108 valence electrons. The predicted octanol–water partition coefficient (Wildman–Crippen LogP) is 3.35. The molecule has 21 heavy (non-hydrogen) atoms. The van der Waals surface area contributed by atoms with Gasteiger partial charge in [-0.3, -0.25) is 4.79 Å². The van der Waals surface area contributed by atoms with Crippen LogP contribution in [0, 0.1) is 0 Å². The number of ketones is 1. The molecule has 0 unspecified atom stereocenters. The van der Waals surface area contributed by atoms with E-state index in [1.54, 1.807) is 35.9 Å². The molecule has 0 saturated carbocycles. The number of aromatic nitrogens is 2. The third-order valence-electron chi connectivity index (χ3n) is 3.09. The van der Waals surface area contributed by atoms with Crippen LogP contribution >= 0.6 is 23.2 Å². The minimum atomic E-state index is -0.179. The maximum Gasteiger partial charge on any atom is 0.231 e. The fraction of sp³-hybridized carbons (Fsp3) is 0.143. The summed E-state index contributed by atoms with van der Waals surface area (Å²) in [6.07, 6.45) is 2.99. The van der Waals surface area contributed by atoms with Gasteiger partial charge in [0.05, 0.1) is 5.69 Å². The highest BCUT2D eigenvalue weighted by molar-refractivity contribution is 6.33. The summed E-state index contributed by atoms with van der Waals surface area (Å²) in [4.78, 5) is 16.1. The zero-order chi connectivity index (χ0) is 15.0. The lowest BCUT2D eigenvalue weighted by Crippen LogP contribution is -1.96. The zero-order valence-corrected chi connectivity index (χ0v) is 12.5. The standard InChI is InChI=1S/C14H10Cl2N2O3/c1-18-9(13(15)17-14(18)16)3-4-10(19)8-2-5-11-12(6-8)21-7-20-11/h2-6H,7H2,1H3/b4-3+. The van der Waals surface area contributed by atoms with E-state index in [2.05, 4.69) is 4.98 Å². The Hall–Kier alpha value is -1.98. The molecule has 1 aromatic carbocycles. The molecule has 7 heteroatoms. The number of fused-ring (bicyclic) bond motifs is 1. The van der Waals surface area contributed by atoms with E-state index in [0.29, 0.717) is 22.8 Å². The van der Waals surface area contributed by atoms with Gasteiger partial charge in [-0.05, 0) is 42.0 Å². The van der Waals surface area contributed by atoms with Crippen LogP contribution in [0.1, 0.15) is 16.1 Å². The van der Waals surface area contributed by atoms with Crippen molar-refractivity contribution in [2.75, 3.05) is 6.79 Å². The first-order valence-electron chi connectivity index (χ1n) is 6.06. The predicted molar refractivity (Wildman–Crippen MR) is 79.2 cm³/mol. The third-order valence-corrected chi connectivity index (χ3v) is 3.71. The van der Waals surface area contributed by atoms with Crippen LogP contribution in [0.15, 0.2) is 24.3 Å². The largest absolute Gasteiger partial charge is 0.454 e. The molecule has 0 atom stereocenters. The fourth-order valence-electron chi connectivity index (χ4n) is 1.93. The highest BCUT2D eigenvalue weighted by Crippen LogP contribution is 2.32. The molecule has 0 radical (unpaired) electrons. The van der Waals surface area contributed by atoms with Crippen LogP contribution in [-0.4, -0.2) is 22.1 Å². The van der Waals surface area contributed by atoms with Crippen molar-refractivity contribution in [2.45, 2.75) is 0 Å². The van der Waals surface area contributed by atoms with Crippen LogP contribution in [0.3, 0.4) is 0 Å². The lowest BCUT2D eigenvalue weighted by Gasteiger charge is -2.00. The van der Waals surface area contributed by atoms with E-state index < -0.39 is 0 Å². The van der Waals surface area contributed by atoms with Gasteiger partial charge in [0.1, 0.15) is 0 Å². The summed E-state index contributed by atoms with van der Waals surface area (Å²) in [6, 6.07) is 5.03. The summed E-state index contributed by atoms with van der Waals surface area (Å²) < 4.78 is 12.0. The van der Waals surface area contributed by atoms with Crippen molar-refractivity contribution in [1.29, 1.82) is 0 Å². The van der Waals surface area contributed by atoms with Crippen molar-refractivity contribution in [1.82, 2.24) is 9.55 Å². The summed E-state index contributed by atoms with van der Waals surface area (Å²) in [5.74, 6) is 1.02. The van der Waals surface area contributed by atoms with Gasteiger partial charge in [0, 0.05) is 12.6 Å². The molecule has 0 amide bonds. The molecular formula is C14H10Cl2N2O3. The molecule has 2 heterocycles. The van der Waals surface area contributed by atoms with Crippen molar-refractivity contribution in [3.8, 4) is 11.5 Å². The molecule has 2 aromatic rings. The molecule has 1 aromatic heterocycles. The number of imidazole rings is 1. The van der Waals surface area contributed by atoms with Gasteiger partial charge in [0.15, 0.2) is 22.4 Å². The number of ether oxygens (including phenoxy) is 2. The van der Waals surface area contributed by atoms with Gasteiger partial charge >= 0.3 is 0 Å². The number of allylic oxidation sites excluding steroid dienone is 1. The monoisotopic (exact) mass is 324 g/mol. The number of rotatable bonds is 3. The Morgan fingerprint density at radius 2 is 2.10 bits per heavy atom. The second-order valence-corrected chi connectivity index (χ2v) is 5.08. The van der Waals surface area contributed by atoms with Crippen LogP contribution in [0.4, 0.5) is 0 Å². The van der Waals surface area contributed by atoms with Crippen molar-refractivity contribution in [2.24, 2.45) is 7.05 Å². The maximum atomic E-state index is 12.2. The van der Waals surface area contributed by atoms with Crippen LogP contribution in [0.25, 0.3) is 6.08 Å². The minimum absolute atomic E-state index is 0.173. The van der Waals surface area contributed by atoms with Crippen molar-refractivity contribution in [3.05, 3.63) is 46.0 Å². The van der Waals surface area contributed by atoms with Gasteiger partial charge < -0.3 is 14.0 Å². The molecule has 1 aliphatic rings. The average Bonchev–Trinajstić information content (AvgIpc) is 3.02. The van der Waals surface area contributed by atoms with Gasteiger partial charge in [-0.1, -0.05) is 11.6 Å². The van der Waals surface area contributed by atoms with E-state index in [9.17, 15) is 4.79 Å². The maximum absolute atomic E-state index is 12.2. The van der Waals surface area contributed by atoms with Crippen LogP contribution in [0.5, 0.6) is 11.5 Å². The van der Waals surface area contributed by atoms with Crippen molar-refractivity contribution >= 4 is 35.1 Å². The van der Waals surface area contributed by atoms with Crippen molar-refractivity contribution in [3.63, 3.8) is 0 Å². The van der Waals surface area contributed by atoms with Crippen LogP contribution < -0.4 is 9.47 Å². The Morgan fingerprint density at radius 1 is 1.33 bits per heavy atom. The lowest BCUT2D eigenvalue weighted by atomic mass is 10.1. The molecule has 1 aliphatic heterocycles. The summed E-state index contributed by atoms with van der Waals surface area (Å²) >= 11 is 11.8. The lowest BCUT2D eigenvalue weighted by molar-refractivity contribution is 0.104. The third kappa shape index (κ3) is 2.62. The first-order chi connectivity index (χ1) is 10.1. The highest BCUT2D eigenvalue weighted by Gasteiger charge is 2.15. The Morgan fingerprint density at radius 3 is 2.81 bits per heavy atom. The molecule has 0 N–H and O–H groups in total. The van der Waals surface area contributed by atoms with Crippen LogP contribution in [0.2, 0.25) is 10.4 Å². The molecule has 0 spiro atoms. The molecule has 0 fully saturated rings. The number of nitrogens with zero attached hydrogens (tertiary/aromatic N) is 2. The summed E-state index contributed by atoms with van der Waals surface area (Å²) in [7, 11) is 1.71. The molecule has 5 nitrogen and oxygen atoms in total. The summed E-state index contributed by atoms with van der Waals surface area (Å²) in [6.45, 7) is 0.173. The van der Waals surface area contributed by atoms with Gasteiger partial charge in [-0.2, -0.15) is 0 Å². The van der Waals surface area contributed by atoms with Gasteiger partial charge in [0.25, 0.3) is 0 Å². The Bertz CT molecular complexity index is 753. The molecular weight excluding hydrogens is 315 g/mol. The fourth-order valence-corrected chi connectivity index (χ4v) is 2.42. The SMILES string of the molecule is Cn1c(Cl)nc(Cl)c1/C=C/C(=O)c1ccc2c(c1)OCO2. The molecule has 0 aliphatic carbocycles. The zero-order valence-electron chi connectivity index (χ0n) is 11.0. The summed E-state index contributed by atoms with van der Waals surface area (Å²) in [5, 5.41) is 0.507. The van der Waals surface area contributed by atoms with E-state index in [1.165, 1.54) is 6.08 Å². The smallest absolute Gasteiger partial charge is 0.231 e. The van der Waals surface area contributed by atoms with Gasteiger partial charge in [-0.15, -0.1) is 0 Å². The van der Waals surface area contributed by atoms with Gasteiger partial charge in [-0.25, -0.2) is 4.98 Å². The quantitative estimate of drug-likeness (QED) is 0.641. The number of benzene rings is 1. The number of hydrogen-bond acceptors (Lipinski definition) is 4. The van der Waals surface area contributed by atoms with E-state index >= 15 is 0 Å². The van der Waals surface area contributed by atoms with Gasteiger partial charge in [0.2, 0.25) is 12.1 Å². The number of carbonyl (C=O) groups is 1. The number of halogens is 2. The second kappa shape index (κ2) is 5.42. The Kier molecular flexibility index (Phi) is 3.61. The van der Waals surface area contributed by atoms with E-state index in [-0.39, 0.29) is 23.0 Å².